The van der Waals surface area contributed by atoms with Gasteiger partial charge in [0.2, 0.25) is 0 Å². The monoisotopic (exact) mass is 220 g/mol. The summed E-state index contributed by atoms with van der Waals surface area (Å²) in [5, 5.41) is 17.6. The van der Waals surface area contributed by atoms with Gasteiger partial charge in [0.15, 0.2) is 11.5 Å². The molecule has 1 aromatic carbocycles. The number of hydrogen-bond acceptors (Lipinski definition) is 3. The molecule has 0 aromatic heterocycles. The van der Waals surface area contributed by atoms with E-state index in [2.05, 4.69) is 0 Å². The number of carboxylic acid groups (broad SMARTS) is 1. The fraction of sp³-hybridized carbons (Fsp3) is 0.100. The van der Waals surface area contributed by atoms with E-state index in [9.17, 15) is 9.90 Å². The summed E-state index contributed by atoms with van der Waals surface area (Å²) in [5.41, 5.74) is 0.655. The third-order valence-electron chi connectivity index (χ3n) is 1.62. The van der Waals surface area contributed by atoms with E-state index in [0.29, 0.717) is 11.3 Å². The molecule has 0 radical (unpaired) electrons. The Morgan fingerprint density at radius 2 is 2.13 bits per heavy atom. The van der Waals surface area contributed by atoms with Gasteiger partial charge in [0.25, 0.3) is 0 Å². The van der Waals surface area contributed by atoms with E-state index < -0.39 is 5.97 Å². The molecule has 15 heavy (non-hydrogen) atoms. The zero-order valence-corrected chi connectivity index (χ0v) is 7.60. The highest BCUT2D eigenvalue weighted by Crippen LogP contribution is 2.26. The maximum Gasteiger partial charge on any atom is 0.328 e. The zero-order chi connectivity index (χ0) is 10.6. The molecule has 4 nitrogen and oxygen atoms in total. The minimum Gasteiger partial charge on any atom is -0.504 e. The summed E-state index contributed by atoms with van der Waals surface area (Å²) in [6, 6.07) is 4.59. The third kappa shape index (κ3) is 4.22. The van der Waals surface area contributed by atoms with Crippen molar-refractivity contribution in [2.45, 2.75) is 0 Å². The molecular formula is C10H12MgO4. The molecule has 1 rings (SSSR count). The Morgan fingerprint density at radius 1 is 1.47 bits per heavy atom. The first-order valence-corrected chi connectivity index (χ1v) is 3.91. The summed E-state index contributed by atoms with van der Waals surface area (Å²) in [6.07, 6.45) is 2.44. The first-order chi connectivity index (χ1) is 6.63. The van der Waals surface area contributed by atoms with Crippen LogP contribution in [0.25, 0.3) is 6.08 Å². The van der Waals surface area contributed by atoms with Crippen LogP contribution in [0.4, 0.5) is 0 Å². The molecule has 0 unspecified atom stereocenters. The molecule has 0 saturated heterocycles. The molecule has 0 aliphatic carbocycles. The molecular weight excluding hydrogens is 208 g/mol. The summed E-state index contributed by atoms with van der Waals surface area (Å²) < 4.78 is 4.86. The normalized spacial score (nSPS) is 9.67. The van der Waals surface area contributed by atoms with Crippen LogP contribution < -0.4 is 4.74 Å². The number of benzene rings is 1. The van der Waals surface area contributed by atoms with Gasteiger partial charge in [0.1, 0.15) is 0 Å². The first kappa shape index (κ1) is 13.8. The minimum absolute atomic E-state index is 0. The number of aromatic hydroxyl groups is 1. The van der Waals surface area contributed by atoms with Gasteiger partial charge < -0.3 is 14.9 Å². The molecule has 0 saturated carbocycles. The van der Waals surface area contributed by atoms with Crippen molar-refractivity contribution in [3.05, 3.63) is 29.8 Å². The van der Waals surface area contributed by atoms with Gasteiger partial charge in [-0.1, -0.05) is 6.07 Å². The highest BCUT2D eigenvalue weighted by Gasteiger charge is 2.00. The molecule has 0 aliphatic rings. The highest BCUT2D eigenvalue weighted by molar-refractivity contribution is 5.85. The molecule has 0 atom stereocenters. The predicted octanol–water partition coefficient (Wildman–Crippen LogP) is 0.582. The average molecular weight is 221 g/mol. The van der Waals surface area contributed by atoms with Crippen molar-refractivity contribution < 1.29 is 19.7 Å². The number of carbonyl (C=O) groups is 1. The summed E-state index contributed by atoms with van der Waals surface area (Å²) >= 11 is 0. The lowest BCUT2D eigenvalue weighted by Gasteiger charge is -2.03. The Kier molecular flexibility index (Phi) is 5.81. The van der Waals surface area contributed by atoms with Crippen LogP contribution in [0, 0.1) is 0 Å². The van der Waals surface area contributed by atoms with Gasteiger partial charge in [-0.2, -0.15) is 0 Å². The summed E-state index contributed by atoms with van der Waals surface area (Å²) in [6.45, 7) is 0. The topological polar surface area (TPSA) is 66.8 Å². The number of rotatable bonds is 3. The van der Waals surface area contributed by atoms with Crippen molar-refractivity contribution in [3.63, 3.8) is 0 Å². The molecule has 0 heterocycles. The number of phenols is 1. The Hall–Kier alpha value is -1.20. The van der Waals surface area contributed by atoms with Crippen LogP contribution in [0.3, 0.4) is 0 Å². The standard InChI is InChI=1S/C10H10O4.Mg.2H/c1-14-9-6-7(2-4-8(9)11)3-5-10(12)13;;;/h2-6,11H,1H3,(H,12,13);;;. The lowest BCUT2D eigenvalue weighted by atomic mass is 10.2. The molecule has 0 bridgehead atoms. The van der Waals surface area contributed by atoms with Crippen LogP contribution >= 0.6 is 0 Å². The predicted molar refractivity (Wildman–Crippen MR) is 59.9 cm³/mol. The van der Waals surface area contributed by atoms with Gasteiger partial charge in [-0.25, -0.2) is 4.79 Å². The lowest BCUT2D eigenvalue weighted by molar-refractivity contribution is -0.131. The highest BCUT2D eigenvalue weighted by atomic mass is 24.3. The number of aliphatic carboxylic acids is 1. The van der Waals surface area contributed by atoms with E-state index in [1.54, 1.807) is 12.1 Å². The van der Waals surface area contributed by atoms with Gasteiger partial charge in [-0.3, -0.25) is 0 Å². The second-order valence-electron chi connectivity index (χ2n) is 2.60. The number of carboxylic acids is 1. The molecule has 0 amide bonds. The fourth-order valence-electron chi connectivity index (χ4n) is 0.965. The summed E-state index contributed by atoms with van der Waals surface area (Å²) in [7, 11) is 1.43. The number of methoxy groups -OCH3 is 1. The first-order valence-electron chi connectivity index (χ1n) is 3.91. The Balaban J connectivity index is 0.00000196. The summed E-state index contributed by atoms with van der Waals surface area (Å²) in [5.74, 6) is -0.672. The van der Waals surface area contributed by atoms with Gasteiger partial charge in [-0.05, 0) is 23.8 Å². The van der Waals surface area contributed by atoms with Crippen molar-refractivity contribution >= 4 is 35.1 Å². The smallest absolute Gasteiger partial charge is 0.328 e. The van der Waals surface area contributed by atoms with Crippen LogP contribution in [-0.4, -0.2) is 46.3 Å². The fourth-order valence-corrected chi connectivity index (χ4v) is 0.965. The largest absolute Gasteiger partial charge is 0.504 e. The van der Waals surface area contributed by atoms with E-state index >= 15 is 0 Å². The van der Waals surface area contributed by atoms with Crippen LogP contribution in [0.1, 0.15) is 5.56 Å². The summed E-state index contributed by atoms with van der Waals surface area (Å²) in [4.78, 5) is 10.2. The number of hydrogen-bond donors (Lipinski definition) is 2. The van der Waals surface area contributed by atoms with E-state index in [4.69, 9.17) is 9.84 Å². The maximum atomic E-state index is 10.2. The molecule has 1 aromatic rings. The van der Waals surface area contributed by atoms with Crippen molar-refractivity contribution in [2.24, 2.45) is 0 Å². The van der Waals surface area contributed by atoms with E-state index in [1.165, 1.54) is 19.3 Å². The van der Waals surface area contributed by atoms with Gasteiger partial charge in [-0.15, -0.1) is 0 Å². The zero-order valence-electron chi connectivity index (χ0n) is 7.60. The van der Waals surface area contributed by atoms with E-state index in [1.807, 2.05) is 0 Å². The SMILES string of the molecule is COc1cc(C=CC(=O)O)ccc1O.[MgH2]. The number of ether oxygens (including phenoxy) is 1. The molecule has 5 heteroatoms. The molecule has 2 N–H and O–H groups in total. The second kappa shape index (κ2) is 6.31. The molecule has 0 fully saturated rings. The van der Waals surface area contributed by atoms with Crippen LogP contribution in [0.15, 0.2) is 24.3 Å². The van der Waals surface area contributed by atoms with Crippen LogP contribution in [-0.2, 0) is 4.79 Å². The van der Waals surface area contributed by atoms with Gasteiger partial charge in [0.05, 0.1) is 7.11 Å². The van der Waals surface area contributed by atoms with Crippen molar-refractivity contribution in [1.82, 2.24) is 0 Å². The van der Waals surface area contributed by atoms with Crippen molar-refractivity contribution in [2.75, 3.05) is 7.11 Å². The van der Waals surface area contributed by atoms with Crippen LogP contribution in [0.2, 0.25) is 0 Å². The van der Waals surface area contributed by atoms with Gasteiger partial charge >= 0.3 is 29.0 Å². The Bertz CT molecular complexity index is 374. The van der Waals surface area contributed by atoms with E-state index in [-0.39, 0.29) is 28.8 Å². The molecule has 0 spiro atoms. The van der Waals surface area contributed by atoms with Crippen LogP contribution in [0.5, 0.6) is 11.5 Å². The van der Waals surface area contributed by atoms with Crippen molar-refractivity contribution in [3.8, 4) is 11.5 Å². The lowest BCUT2D eigenvalue weighted by Crippen LogP contribution is -1.87. The molecule has 0 aliphatic heterocycles. The van der Waals surface area contributed by atoms with Crippen molar-refractivity contribution in [1.29, 1.82) is 0 Å². The average Bonchev–Trinajstić information content (AvgIpc) is 2.16. The van der Waals surface area contributed by atoms with E-state index in [0.717, 1.165) is 6.08 Å². The minimum atomic E-state index is -1.02. The van der Waals surface area contributed by atoms with Gasteiger partial charge in [0, 0.05) is 6.08 Å². The second-order valence-corrected chi connectivity index (χ2v) is 2.60. The Morgan fingerprint density at radius 3 is 2.67 bits per heavy atom. The molecule has 78 valence electrons. The third-order valence-corrected chi connectivity index (χ3v) is 1.62. The Labute approximate surface area is 103 Å². The maximum absolute atomic E-state index is 10.2. The quantitative estimate of drug-likeness (QED) is 0.578. The number of phenolic OH excluding ortho intramolecular Hbond substituents is 1.